The van der Waals surface area contributed by atoms with Gasteiger partial charge in [-0.15, -0.1) is 0 Å². The Kier molecular flexibility index (Phi) is 4.78. The third-order valence-electron chi connectivity index (χ3n) is 3.04. The molecule has 1 aromatic carbocycles. The first-order valence-corrected chi connectivity index (χ1v) is 6.48. The van der Waals surface area contributed by atoms with Crippen LogP contribution in [0.25, 0.3) is 0 Å². The number of ether oxygens (including phenoxy) is 1. The number of benzene rings is 1. The molecule has 0 aromatic heterocycles. The molecular weight excluding hydrogens is 244 g/mol. The fourth-order valence-corrected chi connectivity index (χ4v) is 2.02. The summed E-state index contributed by atoms with van der Waals surface area (Å²) in [6, 6.07) is 9.73. The van der Waals surface area contributed by atoms with Crippen molar-refractivity contribution in [1.29, 1.82) is 0 Å². The molecule has 2 amide bonds. The predicted molar refractivity (Wildman–Crippen MR) is 70.7 cm³/mol. The Morgan fingerprint density at radius 3 is 2.89 bits per heavy atom. The van der Waals surface area contributed by atoms with Gasteiger partial charge in [-0.3, -0.25) is 4.79 Å². The molecule has 0 radical (unpaired) electrons. The average Bonchev–Trinajstić information content (AvgIpc) is 2.40. The molecule has 0 saturated carbocycles. The van der Waals surface area contributed by atoms with Crippen LogP contribution < -0.4 is 10.6 Å². The number of carbonyl (C=O) groups excluding carboxylic acids is 2. The Bertz CT molecular complexity index is 434. The third kappa shape index (κ3) is 4.62. The van der Waals surface area contributed by atoms with Crippen LogP contribution in [0, 0.1) is 0 Å². The number of hydrogen-bond donors (Lipinski definition) is 2. The predicted octanol–water partition coefficient (Wildman–Crippen LogP) is 1.23. The van der Waals surface area contributed by atoms with Crippen LogP contribution in [0.3, 0.4) is 0 Å². The molecule has 1 unspecified atom stereocenters. The molecule has 0 spiro atoms. The van der Waals surface area contributed by atoms with Crippen molar-refractivity contribution in [2.45, 2.75) is 25.3 Å². The van der Waals surface area contributed by atoms with Crippen molar-refractivity contribution < 1.29 is 14.3 Å². The van der Waals surface area contributed by atoms with Crippen molar-refractivity contribution in [3.05, 3.63) is 35.9 Å². The van der Waals surface area contributed by atoms with Gasteiger partial charge in [-0.1, -0.05) is 30.3 Å². The van der Waals surface area contributed by atoms with Gasteiger partial charge < -0.3 is 15.4 Å². The van der Waals surface area contributed by atoms with Crippen molar-refractivity contribution in [3.8, 4) is 0 Å². The third-order valence-corrected chi connectivity index (χ3v) is 3.04. The fraction of sp³-hybridized carbons (Fsp3) is 0.429. The number of piperidine rings is 1. The molecule has 1 aliphatic heterocycles. The van der Waals surface area contributed by atoms with E-state index in [1.807, 2.05) is 30.3 Å². The van der Waals surface area contributed by atoms with Crippen LogP contribution in [-0.4, -0.2) is 31.2 Å². The first-order chi connectivity index (χ1) is 9.24. The highest BCUT2D eigenvalue weighted by Gasteiger charge is 2.20. The van der Waals surface area contributed by atoms with Gasteiger partial charge in [0.15, 0.2) is 0 Å². The summed E-state index contributed by atoms with van der Waals surface area (Å²) in [5.74, 6) is -0.0270. The summed E-state index contributed by atoms with van der Waals surface area (Å²) >= 11 is 0. The van der Waals surface area contributed by atoms with Crippen molar-refractivity contribution >= 4 is 12.0 Å². The first-order valence-electron chi connectivity index (χ1n) is 6.48. The number of carbonyl (C=O) groups is 2. The highest BCUT2D eigenvalue weighted by molar-refractivity contribution is 5.78. The van der Waals surface area contributed by atoms with E-state index in [2.05, 4.69) is 10.6 Å². The number of rotatable bonds is 4. The van der Waals surface area contributed by atoms with Crippen LogP contribution in [0.15, 0.2) is 30.3 Å². The number of amides is 2. The topological polar surface area (TPSA) is 67.4 Å². The van der Waals surface area contributed by atoms with Crippen LogP contribution in [0.4, 0.5) is 4.79 Å². The zero-order valence-corrected chi connectivity index (χ0v) is 10.7. The highest BCUT2D eigenvalue weighted by Crippen LogP contribution is 2.04. The maximum Gasteiger partial charge on any atom is 0.407 e. The van der Waals surface area contributed by atoms with Gasteiger partial charge in [0.25, 0.3) is 0 Å². The Morgan fingerprint density at radius 1 is 1.37 bits per heavy atom. The Hall–Kier alpha value is -2.04. The van der Waals surface area contributed by atoms with Gasteiger partial charge in [0.2, 0.25) is 5.91 Å². The molecule has 1 fully saturated rings. The maximum atomic E-state index is 11.5. The lowest BCUT2D eigenvalue weighted by Crippen LogP contribution is -2.45. The lowest BCUT2D eigenvalue weighted by Gasteiger charge is -2.22. The summed E-state index contributed by atoms with van der Waals surface area (Å²) in [5, 5.41) is 5.43. The Balaban J connectivity index is 1.66. The van der Waals surface area contributed by atoms with Crippen LogP contribution in [0.2, 0.25) is 0 Å². The number of hydrogen-bond acceptors (Lipinski definition) is 3. The lowest BCUT2D eigenvalue weighted by molar-refractivity contribution is -0.122. The van der Waals surface area contributed by atoms with Gasteiger partial charge in [0.05, 0.1) is 6.61 Å². The van der Waals surface area contributed by atoms with Crippen LogP contribution >= 0.6 is 0 Å². The van der Waals surface area contributed by atoms with Gasteiger partial charge in [0, 0.05) is 25.4 Å². The monoisotopic (exact) mass is 262 g/mol. The summed E-state index contributed by atoms with van der Waals surface area (Å²) in [6.45, 7) is 0.947. The van der Waals surface area contributed by atoms with Crippen molar-refractivity contribution in [2.75, 3.05) is 13.2 Å². The quantitative estimate of drug-likeness (QED) is 0.857. The van der Waals surface area contributed by atoms with Gasteiger partial charge in [-0.25, -0.2) is 4.79 Å². The number of alkyl carbamates (subject to hydrolysis) is 1. The molecule has 1 atom stereocenters. The summed E-state index contributed by atoms with van der Waals surface area (Å²) in [5.41, 5.74) is 1.13. The standard InChI is InChI=1S/C14H18N2O3/c17-13-10-12(6-8-15-13)16-14(18)19-9-7-11-4-2-1-3-5-11/h1-5,12H,6-10H2,(H,15,17)(H,16,18). The van der Waals surface area contributed by atoms with E-state index in [0.29, 0.717) is 26.0 Å². The minimum Gasteiger partial charge on any atom is -0.449 e. The van der Waals surface area contributed by atoms with E-state index in [1.54, 1.807) is 0 Å². The van der Waals surface area contributed by atoms with E-state index in [0.717, 1.165) is 12.0 Å². The van der Waals surface area contributed by atoms with E-state index in [9.17, 15) is 9.59 Å². The average molecular weight is 262 g/mol. The minimum atomic E-state index is -0.448. The molecule has 5 nitrogen and oxygen atoms in total. The fourth-order valence-electron chi connectivity index (χ4n) is 2.02. The smallest absolute Gasteiger partial charge is 0.407 e. The largest absolute Gasteiger partial charge is 0.449 e. The van der Waals surface area contributed by atoms with Gasteiger partial charge >= 0.3 is 6.09 Å². The van der Waals surface area contributed by atoms with E-state index < -0.39 is 6.09 Å². The summed E-state index contributed by atoms with van der Waals surface area (Å²) in [4.78, 5) is 22.7. The van der Waals surface area contributed by atoms with E-state index in [-0.39, 0.29) is 11.9 Å². The van der Waals surface area contributed by atoms with Crippen molar-refractivity contribution in [3.63, 3.8) is 0 Å². The molecule has 19 heavy (non-hydrogen) atoms. The molecular formula is C14H18N2O3. The SMILES string of the molecule is O=C1CC(NC(=O)OCCc2ccccc2)CCN1. The van der Waals surface area contributed by atoms with E-state index >= 15 is 0 Å². The molecule has 1 aliphatic rings. The van der Waals surface area contributed by atoms with Gasteiger partial charge in [0.1, 0.15) is 0 Å². The van der Waals surface area contributed by atoms with Crippen molar-refractivity contribution in [1.82, 2.24) is 10.6 Å². The molecule has 0 bridgehead atoms. The second-order valence-corrected chi connectivity index (χ2v) is 4.56. The molecule has 2 N–H and O–H groups in total. The highest BCUT2D eigenvalue weighted by atomic mass is 16.5. The second kappa shape index (κ2) is 6.78. The lowest BCUT2D eigenvalue weighted by atomic mass is 10.1. The van der Waals surface area contributed by atoms with Crippen LogP contribution in [0.1, 0.15) is 18.4 Å². The summed E-state index contributed by atoms with van der Waals surface area (Å²) in [6.07, 6.45) is 1.32. The van der Waals surface area contributed by atoms with Gasteiger partial charge in [-0.05, 0) is 12.0 Å². The molecule has 1 saturated heterocycles. The summed E-state index contributed by atoms with van der Waals surface area (Å²) in [7, 11) is 0. The summed E-state index contributed by atoms with van der Waals surface area (Å²) < 4.78 is 5.10. The van der Waals surface area contributed by atoms with Crippen LogP contribution in [-0.2, 0) is 16.0 Å². The normalized spacial score (nSPS) is 18.5. The van der Waals surface area contributed by atoms with Gasteiger partial charge in [-0.2, -0.15) is 0 Å². The number of nitrogens with one attached hydrogen (secondary N) is 2. The van der Waals surface area contributed by atoms with Crippen molar-refractivity contribution in [2.24, 2.45) is 0 Å². The Morgan fingerprint density at radius 2 is 2.16 bits per heavy atom. The van der Waals surface area contributed by atoms with E-state index in [4.69, 9.17) is 4.74 Å². The maximum absolute atomic E-state index is 11.5. The molecule has 5 heteroatoms. The molecule has 2 rings (SSSR count). The minimum absolute atomic E-state index is 0.0270. The van der Waals surface area contributed by atoms with E-state index in [1.165, 1.54) is 0 Å². The molecule has 0 aliphatic carbocycles. The molecule has 102 valence electrons. The first kappa shape index (κ1) is 13.4. The van der Waals surface area contributed by atoms with Crippen LogP contribution in [0.5, 0.6) is 0 Å². The molecule has 1 aromatic rings. The zero-order valence-electron chi connectivity index (χ0n) is 10.7. The second-order valence-electron chi connectivity index (χ2n) is 4.56. The molecule has 1 heterocycles. The zero-order chi connectivity index (χ0) is 13.5. The Labute approximate surface area is 112 Å².